The Bertz CT molecular complexity index is 4650. The van der Waals surface area contributed by atoms with E-state index in [1.807, 2.05) is 36.4 Å². The first kappa shape index (κ1) is 43.8. The highest BCUT2D eigenvalue weighted by molar-refractivity contribution is 6.18. The molecule has 0 unspecified atom stereocenters. The standard InChI is InChI=1S/C72H44N2O4/c1-3-17-45(18-4-1)47-33-37-51(38-34-47)73(61-27-15-25-57-53-21-7-11-29-65(53)75-69(57)61)63-43-49(41-59-55-23-9-13-31-67(55)77-71(59)63)50-42-60-56-24-10-14-32-68(56)78-72(60)64(44-50)74(52-39-35-48(36-40-52)46-19-5-2-6-20-46)62-28-16-26-58-54-22-8-12-30-66(54)76-70(58)62/h1-44H. The van der Waals surface area contributed by atoms with Crippen LogP contribution in [0.25, 0.3) is 121 Å². The van der Waals surface area contributed by atoms with Crippen molar-refractivity contribution < 1.29 is 17.7 Å². The van der Waals surface area contributed by atoms with Crippen LogP contribution in [0.5, 0.6) is 0 Å². The maximum absolute atomic E-state index is 7.06. The van der Waals surface area contributed by atoms with E-state index in [0.717, 1.165) is 155 Å². The highest BCUT2D eigenvalue weighted by Crippen LogP contribution is 2.51. The third-order valence-electron chi connectivity index (χ3n) is 15.4. The van der Waals surface area contributed by atoms with Crippen LogP contribution in [-0.2, 0) is 0 Å². The molecule has 0 spiro atoms. The topological polar surface area (TPSA) is 59.0 Å². The van der Waals surface area contributed by atoms with Gasteiger partial charge in [0.15, 0.2) is 22.3 Å². The number of furan rings is 4. The summed E-state index contributed by atoms with van der Waals surface area (Å²) in [6.07, 6.45) is 0. The number of rotatable bonds is 9. The summed E-state index contributed by atoms with van der Waals surface area (Å²) >= 11 is 0. The van der Waals surface area contributed by atoms with Crippen LogP contribution in [0.2, 0.25) is 0 Å². The van der Waals surface area contributed by atoms with Gasteiger partial charge in [0, 0.05) is 54.5 Å². The molecule has 78 heavy (non-hydrogen) atoms. The van der Waals surface area contributed by atoms with E-state index in [1.165, 1.54) is 0 Å². The highest BCUT2D eigenvalue weighted by Gasteiger charge is 2.28. The van der Waals surface area contributed by atoms with Crippen molar-refractivity contribution in [3.05, 3.63) is 267 Å². The van der Waals surface area contributed by atoms with E-state index in [0.29, 0.717) is 0 Å². The smallest absolute Gasteiger partial charge is 0.159 e. The van der Waals surface area contributed by atoms with Crippen LogP contribution in [-0.4, -0.2) is 0 Å². The van der Waals surface area contributed by atoms with E-state index >= 15 is 0 Å². The molecule has 16 aromatic rings. The first-order valence-corrected chi connectivity index (χ1v) is 26.3. The van der Waals surface area contributed by atoms with Crippen LogP contribution in [0.4, 0.5) is 34.1 Å². The first-order valence-electron chi connectivity index (χ1n) is 26.3. The van der Waals surface area contributed by atoms with E-state index < -0.39 is 0 Å². The number of anilines is 6. The molecule has 0 saturated carbocycles. The molecule has 4 aromatic heterocycles. The third-order valence-corrected chi connectivity index (χ3v) is 15.4. The van der Waals surface area contributed by atoms with Crippen molar-refractivity contribution in [3.63, 3.8) is 0 Å². The highest BCUT2D eigenvalue weighted by atomic mass is 16.3. The van der Waals surface area contributed by atoms with Gasteiger partial charge >= 0.3 is 0 Å². The summed E-state index contributed by atoms with van der Waals surface area (Å²) in [7, 11) is 0. The normalized spacial score (nSPS) is 11.8. The monoisotopic (exact) mass is 1000 g/mol. The van der Waals surface area contributed by atoms with E-state index in [1.54, 1.807) is 0 Å². The molecule has 366 valence electrons. The second-order valence-electron chi connectivity index (χ2n) is 19.9. The Hall–Kier alpha value is -10.6. The SMILES string of the molecule is c1ccc(-c2ccc(N(c3cccc4c3oc3ccccc34)c3cc(-c4cc(N(c5ccc(-c6ccccc6)cc5)c5cccc6c5oc5ccccc56)c5oc6ccccc6c5c4)cc4c3oc3ccccc34)cc2)cc1. The molecular formula is C72H44N2O4. The summed E-state index contributed by atoms with van der Waals surface area (Å²) in [5.74, 6) is 0. The molecule has 0 aliphatic heterocycles. The zero-order valence-electron chi connectivity index (χ0n) is 41.9. The van der Waals surface area contributed by atoms with Crippen molar-refractivity contribution in [2.24, 2.45) is 0 Å². The van der Waals surface area contributed by atoms with E-state index in [-0.39, 0.29) is 0 Å². The van der Waals surface area contributed by atoms with Gasteiger partial charge < -0.3 is 27.5 Å². The van der Waals surface area contributed by atoms with Crippen molar-refractivity contribution in [2.75, 3.05) is 9.80 Å². The molecule has 0 saturated heterocycles. The largest absolute Gasteiger partial charge is 0.454 e. The van der Waals surface area contributed by atoms with Crippen LogP contribution in [0, 0.1) is 0 Å². The predicted molar refractivity (Wildman–Crippen MR) is 321 cm³/mol. The maximum Gasteiger partial charge on any atom is 0.159 e. The maximum atomic E-state index is 7.06. The van der Waals surface area contributed by atoms with Gasteiger partial charge in [-0.3, -0.25) is 0 Å². The Labute approximate surface area is 447 Å². The molecule has 0 bridgehead atoms. The van der Waals surface area contributed by atoms with Crippen LogP contribution in [0.3, 0.4) is 0 Å². The van der Waals surface area contributed by atoms with Gasteiger partial charge in [0.25, 0.3) is 0 Å². The second kappa shape index (κ2) is 17.5. The Morgan fingerprint density at radius 1 is 0.192 bits per heavy atom. The fourth-order valence-corrected chi connectivity index (χ4v) is 11.8. The molecule has 0 aliphatic rings. The molecule has 12 aromatic carbocycles. The molecular weight excluding hydrogens is 957 g/mol. The molecule has 16 rings (SSSR count). The van der Waals surface area contributed by atoms with Gasteiger partial charge in [-0.15, -0.1) is 0 Å². The molecule has 6 nitrogen and oxygen atoms in total. The average molecular weight is 1000 g/mol. The second-order valence-corrected chi connectivity index (χ2v) is 19.9. The molecule has 6 heteroatoms. The van der Waals surface area contributed by atoms with Gasteiger partial charge in [-0.05, 0) is 118 Å². The summed E-state index contributed by atoms with van der Waals surface area (Å²) in [5, 5.41) is 8.19. The van der Waals surface area contributed by atoms with Crippen molar-refractivity contribution >= 4 is 122 Å². The van der Waals surface area contributed by atoms with Gasteiger partial charge in [-0.1, -0.05) is 182 Å². The van der Waals surface area contributed by atoms with Gasteiger partial charge in [0.05, 0.1) is 22.7 Å². The van der Waals surface area contributed by atoms with E-state index in [2.05, 4.69) is 240 Å². The summed E-state index contributed by atoms with van der Waals surface area (Å²) in [6, 6.07) is 93.8. The van der Waals surface area contributed by atoms with Crippen molar-refractivity contribution in [1.29, 1.82) is 0 Å². The average Bonchev–Trinajstić information content (AvgIpc) is 4.40. The number of nitrogens with zero attached hydrogens (tertiary/aromatic N) is 2. The van der Waals surface area contributed by atoms with Crippen LogP contribution in [0.15, 0.2) is 285 Å². The fraction of sp³-hybridized carbons (Fsp3) is 0. The van der Waals surface area contributed by atoms with Gasteiger partial charge in [-0.25, -0.2) is 0 Å². The summed E-state index contributed by atoms with van der Waals surface area (Å²) in [4.78, 5) is 4.62. The summed E-state index contributed by atoms with van der Waals surface area (Å²) in [6.45, 7) is 0. The lowest BCUT2D eigenvalue weighted by molar-refractivity contribution is 0.665. The van der Waals surface area contributed by atoms with Crippen molar-refractivity contribution in [3.8, 4) is 33.4 Å². The third kappa shape index (κ3) is 6.97. The Morgan fingerprint density at radius 3 is 0.859 bits per heavy atom. The Kier molecular flexibility index (Phi) is 9.84. The summed E-state index contributed by atoms with van der Waals surface area (Å²) < 4.78 is 27.9. The number of para-hydroxylation sites is 6. The quantitative estimate of drug-likeness (QED) is 0.144. The molecule has 4 heterocycles. The lowest BCUT2D eigenvalue weighted by atomic mass is 9.97. The predicted octanol–water partition coefficient (Wildman–Crippen LogP) is 21.2. The Morgan fingerprint density at radius 2 is 0.487 bits per heavy atom. The molecule has 0 N–H and O–H groups in total. The van der Waals surface area contributed by atoms with Crippen LogP contribution >= 0.6 is 0 Å². The number of hydrogen-bond donors (Lipinski definition) is 0. The Balaban J connectivity index is 0.982. The summed E-state index contributed by atoms with van der Waals surface area (Å²) in [5.41, 5.74) is 18.2. The lowest BCUT2D eigenvalue weighted by Gasteiger charge is -2.27. The zero-order valence-corrected chi connectivity index (χ0v) is 41.9. The van der Waals surface area contributed by atoms with Crippen molar-refractivity contribution in [1.82, 2.24) is 0 Å². The van der Waals surface area contributed by atoms with Gasteiger partial charge in [0.2, 0.25) is 0 Å². The minimum absolute atomic E-state index is 0.756. The van der Waals surface area contributed by atoms with Crippen molar-refractivity contribution in [2.45, 2.75) is 0 Å². The molecule has 0 fully saturated rings. The lowest BCUT2D eigenvalue weighted by Crippen LogP contribution is -2.11. The van der Waals surface area contributed by atoms with Gasteiger partial charge in [0.1, 0.15) is 22.3 Å². The molecule has 0 radical (unpaired) electrons. The minimum atomic E-state index is 0.756. The number of hydrogen-bond acceptors (Lipinski definition) is 6. The number of fused-ring (bicyclic) bond motifs is 12. The van der Waals surface area contributed by atoms with Crippen LogP contribution < -0.4 is 9.80 Å². The molecule has 0 atom stereocenters. The molecule has 0 amide bonds. The van der Waals surface area contributed by atoms with E-state index in [9.17, 15) is 0 Å². The van der Waals surface area contributed by atoms with E-state index in [4.69, 9.17) is 17.7 Å². The first-order chi connectivity index (χ1) is 38.7. The number of benzene rings is 12. The fourth-order valence-electron chi connectivity index (χ4n) is 11.8. The molecule has 0 aliphatic carbocycles. The van der Waals surface area contributed by atoms with Gasteiger partial charge in [-0.2, -0.15) is 0 Å². The van der Waals surface area contributed by atoms with Crippen LogP contribution in [0.1, 0.15) is 0 Å². The minimum Gasteiger partial charge on any atom is -0.454 e. The zero-order chi connectivity index (χ0) is 51.3.